The minimum atomic E-state index is -0.104. The molecule has 1 amide bonds. The van der Waals surface area contributed by atoms with Gasteiger partial charge >= 0.3 is 0 Å². The number of pyridine rings is 1. The zero-order valence-corrected chi connectivity index (χ0v) is 13.0. The number of aryl methyl sites for hydroxylation is 1. The van der Waals surface area contributed by atoms with Crippen molar-refractivity contribution in [2.75, 3.05) is 23.3 Å². The summed E-state index contributed by atoms with van der Waals surface area (Å²) >= 11 is 0. The lowest BCUT2D eigenvalue weighted by molar-refractivity contribution is 0.102. The number of rotatable bonds is 3. The standard InChI is InChI=1S/C18H21N3O/c1-13-4-3-5-15(10-13)18(22)20-16-6-7-17(19-11-16)21-9-8-14(2)12-21/h3-7,10-11,14H,8-9,12H2,1-2H3,(H,20,22). The van der Waals surface area contributed by atoms with Gasteiger partial charge in [0.2, 0.25) is 0 Å². The van der Waals surface area contributed by atoms with Crippen LogP contribution < -0.4 is 10.2 Å². The van der Waals surface area contributed by atoms with Crippen molar-refractivity contribution in [3.63, 3.8) is 0 Å². The minimum Gasteiger partial charge on any atom is -0.356 e. The Kier molecular flexibility index (Phi) is 4.09. The van der Waals surface area contributed by atoms with Crippen LogP contribution in [0.4, 0.5) is 11.5 Å². The highest BCUT2D eigenvalue weighted by Gasteiger charge is 2.19. The predicted octanol–water partition coefficient (Wildman–Crippen LogP) is 3.49. The van der Waals surface area contributed by atoms with Crippen molar-refractivity contribution in [2.45, 2.75) is 20.3 Å². The maximum Gasteiger partial charge on any atom is 0.255 e. The summed E-state index contributed by atoms with van der Waals surface area (Å²) in [6.45, 7) is 6.35. The summed E-state index contributed by atoms with van der Waals surface area (Å²) in [5, 5.41) is 2.89. The van der Waals surface area contributed by atoms with Gasteiger partial charge in [-0.15, -0.1) is 0 Å². The Morgan fingerprint density at radius 3 is 2.82 bits per heavy atom. The Balaban J connectivity index is 1.67. The van der Waals surface area contributed by atoms with E-state index >= 15 is 0 Å². The second kappa shape index (κ2) is 6.18. The molecule has 0 aliphatic carbocycles. The van der Waals surface area contributed by atoms with Crippen LogP contribution in [0.25, 0.3) is 0 Å². The molecule has 1 aromatic carbocycles. The molecule has 2 heterocycles. The highest BCUT2D eigenvalue weighted by molar-refractivity contribution is 6.04. The molecule has 1 aliphatic rings. The second-order valence-corrected chi connectivity index (χ2v) is 6.07. The zero-order chi connectivity index (χ0) is 15.5. The highest BCUT2D eigenvalue weighted by atomic mass is 16.1. The third-order valence-electron chi connectivity index (χ3n) is 4.03. The molecule has 0 radical (unpaired) electrons. The number of anilines is 2. The molecule has 22 heavy (non-hydrogen) atoms. The van der Waals surface area contributed by atoms with E-state index in [0.29, 0.717) is 5.56 Å². The van der Waals surface area contributed by atoms with E-state index in [2.05, 4.69) is 22.1 Å². The smallest absolute Gasteiger partial charge is 0.255 e. The molecule has 114 valence electrons. The first-order chi connectivity index (χ1) is 10.6. The number of hydrogen-bond donors (Lipinski definition) is 1. The quantitative estimate of drug-likeness (QED) is 0.942. The van der Waals surface area contributed by atoms with Crippen molar-refractivity contribution < 1.29 is 4.79 Å². The van der Waals surface area contributed by atoms with Crippen LogP contribution in [-0.4, -0.2) is 24.0 Å². The fraction of sp³-hybridized carbons (Fsp3) is 0.333. The van der Waals surface area contributed by atoms with Crippen molar-refractivity contribution in [1.82, 2.24) is 4.98 Å². The number of nitrogens with zero attached hydrogens (tertiary/aromatic N) is 2. The van der Waals surface area contributed by atoms with E-state index in [-0.39, 0.29) is 5.91 Å². The third kappa shape index (κ3) is 3.27. The summed E-state index contributed by atoms with van der Waals surface area (Å²) in [6.07, 6.45) is 2.94. The molecule has 1 atom stereocenters. The second-order valence-electron chi connectivity index (χ2n) is 6.07. The maximum atomic E-state index is 12.2. The first-order valence-corrected chi connectivity index (χ1v) is 7.71. The van der Waals surface area contributed by atoms with Crippen molar-refractivity contribution in [3.05, 3.63) is 53.7 Å². The lowest BCUT2D eigenvalue weighted by atomic mass is 10.1. The summed E-state index contributed by atoms with van der Waals surface area (Å²) in [5.74, 6) is 1.61. The van der Waals surface area contributed by atoms with Gasteiger partial charge in [-0.2, -0.15) is 0 Å². The van der Waals surface area contributed by atoms with E-state index in [1.807, 2.05) is 43.3 Å². The van der Waals surface area contributed by atoms with E-state index < -0.39 is 0 Å². The number of hydrogen-bond acceptors (Lipinski definition) is 3. The van der Waals surface area contributed by atoms with Gasteiger partial charge in [-0.25, -0.2) is 4.98 Å². The fourth-order valence-electron chi connectivity index (χ4n) is 2.78. The van der Waals surface area contributed by atoms with E-state index in [0.717, 1.165) is 36.1 Å². The molecule has 1 saturated heterocycles. The number of nitrogens with one attached hydrogen (secondary N) is 1. The SMILES string of the molecule is Cc1cccc(C(=O)Nc2ccc(N3CCC(C)C3)nc2)c1. The highest BCUT2D eigenvalue weighted by Crippen LogP contribution is 2.22. The van der Waals surface area contributed by atoms with Crippen LogP contribution in [0.1, 0.15) is 29.3 Å². The van der Waals surface area contributed by atoms with Crippen molar-refractivity contribution in [1.29, 1.82) is 0 Å². The molecule has 3 rings (SSSR count). The first kappa shape index (κ1) is 14.6. The van der Waals surface area contributed by atoms with Crippen LogP contribution in [0.15, 0.2) is 42.6 Å². The average Bonchev–Trinajstić information content (AvgIpc) is 2.94. The van der Waals surface area contributed by atoms with Crippen LogP contribution in [0.2, 0.25) is 0 Å². The molecule has 0 spiro atoms. The molecular weight excluding hydrogens is 274 g/mol. The van der Waals surface area contributed by atoms with Gasteiger partial charge in [-0.1, -0.05) is 24.6 Å². The Hall–Kier alpha value is -2.36. The summed E-state index contributed by atoms with van der Waals surface area (Å²) < 4.78 is 0. The Morgan fingerprint density at radius 1 is 1.32 bits per heavy atom. The van der Waals surface area contributed by atoms with Crippen molar-refractivity contribution >= 4 is 17.4 Å². The largest absolute Gasteiger partial charge is 0.356 e. The maximum absolute atomic E-state index is 12.2. The minimum absolute atomic E-state index is 0.104. The van der Waals surface area contributed by atoms with Crippen LogP contribution in [0, 0.1) is 12.8 Å². The summed E-state index contributed by atoms with van der Waals surface area (Å²) in [6, 6.07) is 11.5. The molecule has 0 saturated carbocycles. The predicted molar refractivity (Wildman–Crippen MR) is 89.4 cm³/mol. The summed E-state index contributed by atoms with van der Waals surface area (Å²) in [7, 11) is 0. The first-order valence-electron chi connectivity index (χ1n) is 7.71. The van der Waals surface area contributed by atoms with Crippen molar-refractivity contribution in [3.8, 4) is 0 Å². The molecule has 0 bridgehead atoms. The van der Waals surface area contributed by atoms with Crippen LogP contribution in [-0.2, 0) is 0 Å². The van der Waals surface area contributed by atoms with E-state index in [1.54, 1.807) is 6.20 Å². The van der Waals surface area contributed by atoms with E-state index in [1.165, 1.54) is 6.42 Å². The molecule has 1 aromatic heterocycles. The Labute approximate surface area is 131 Å². The lowest BCUT2D eigenvalue weighted by Gasteiger charge is -2.17. The van der Waals surface area contributed by atoms with Gasteiger partial charge in [0, 0.05) is 18.7 Å². The van der Waals surface area contributed by atoms with E-state index in [9.17, 15) is 4.79 Å². The molecule has 1 unspecified atom stereocenters. The molecule has 2 aromatic rings. The molecule has 1 fully saturated rings. The summed E-state index contributed by atoms with van der Waals surface area (Å²) in [5.41, 5.74) is 2.46. The molecule has 1 aliphatic heterocycles. The monoisotopic (exact) mass is 295 g/mol. The van der Waals surface area contributed by atoms with Gasteiger partial charge in [-0.05, 0) is 43.5 Å². The van der Waals surface area contributed by atoms with E-state index in [4.69, 9.17) is 0 Å². The van der Waals surface area contributed by atoms with Gasteiger partial charge in [0.25, 0.3) is 5.91 Å². The molecule has 1 N–H and O–H groups in total. The number of carbonyl (C=O) groups is 1. The number of carbonyl (C=O) groups excluding carboxylic acids is 1. The van der Waals surface area contributed by atoms with Gasteiger partial charge in [0.05, 0.1) is 11.9 Å². The number of amides is 1. The Bertz CT molecular complexity index is 666. The Morgan fingerprint density at radius 2 is 2.18 bits per heavy atom. The number of benzene rings is 1. The van der Waals surface area contributed by atoms with Gasteiger partial charge in [0.1, 0.15) is 5.82 Å². The van der Waals surface area contributed by atoms with Gasteiger partial charge in [0.15, 0.2) is 0 Å². The number of aromatic nitrogens is 1. The van der Waals surface area contributed by atoms with Crippen molar-refractivity contribution in [2.24, 2.45) is 5.92 Å². The molecule has 4 nitrogen and oxygen atoms in total. The van der Waals surface area contributed by atoms with Gasteiger partial charge < -0.3 is 10.2 Å². The normalized spacial score (nSPS) is 17.5. The third-order valence-corrected chi connectivity index (χ3v) is 4.03. The average molecular weight is 295 g/mol. The van der Waals surface area contributed by atoms with Crippen LogP contribution in [0.3, 0.4) is 0 Å². The summed E-state index contributed by atoms with van der Waals surface area (Å²) in [4.78, 5) is 19.0. The topological polar surface area (TPSA) is 45.2 Å². The van der Waals surface area contributed by atoms with Crippen LogP contribution in [0.5, 0.6) is 0 Å². The zero-order valence-electron chi connectivity index (χ0n) is 13.0. The fourth-order valence-corrected chi connectivity index (χ4v) is 2.78. The molecular formula is C18H21N3O. The van der Waals surface area contributed by atoms with Gasteiger partial charge in [-0.3, -0.25) is 4.79 Å². The van der Waals surface area contributed by atoms with Crippen LogP contribution >= 0.6 is 0 Å². The molecule has 4 heteroatoms. The lowest BCUT2D eigenvalue weighted by Crippen LogP contribution is -2.20.